The lowest BCUT2D eigenvalue weighted by Gasteiger charge is -2.20. The van der Waals surface area contributed by atoms with E-state index < -0.39 is 0 Å². The van der Waals surface area contributed by atoms with Gasteiger partial charge in [0.25, 0.3) is 0 Å². The molecule has 1 amide bonds. The Morgan fingerprint density at radius 3 is 2.35 bits per heavy atom. The van der Waals surface area contributed by atoms with Crippen molar-refractivity contribution in [1.82, 2.24) is 14.7 Å². The monoisotopic (exact) mass is 278 g/mol. The van der Waals surface area contributed by atoms with E-state index >= 15 is 0 Å². The van der Waals surface area contributed by atoms with Crippen LogP contribution in [0.5, 0.6) is 0 Å². The summed E-state index contributed by atoms with van der Waals surface area (Å²) in [5.41, 5.74) is 8.76. The number of nitrogen functional groups attached to an aromatic ring is 1. The summed E-state index contributed by atoms with van der Waals surface area (Å²) in [6, 6.07) is 0. The van der Waals surface area contributed by atoms with Crippen molar-refractivity contribution in [2.24, 2.45) is 0 Å². The largest absolute Gasteiger partial charge is 0.396 e. The molecule has 112 valence electrons. The molecular formula is C15H26N4O. The number of rotatable bonds is 4. The van der Waals surface area contributed by atoms with Crippen LogP contribution in [0.1, 0.15) is 50.9 Å². The van der Waals surface area contributed by atoms with E-state index in [0.29, 0.717) is 6.54 Å². The highest BCUT2D eigenvalue weighted by atomic mass is 16.2. The summed E-state index contributed by atoms with van der Waals surface area (Å²) in [6.45, 7) is 6.20. The third kappa shape index (κ3) is 3.14. The van der Waals surface area contributed by atoms with Gasteiger partial charge >= 0.3 is 0 Å². The predicted molar refractivity (Wildman–Crippen MR) is 80.4 cm³/mol. The molecule has 1 aromatic heterocycles. The van der Waals surface area contributed by atoms with Gasteiger partial charge in [-0.05, 0) is 25.7 Å². The fourth-order valence-corrected chi connectivity index (χ4v) is 2.88. The average molecular weight is 278 g/mol. The lowest BCUT2D eigenvalue weighted by Crippen LogP contribution is -2.35. The Kier molecular flexibility index (Phi) is 5.04. The Bertz CT molecular complexity index is 459. The van der Waals surface area contributed by atoms with Gasteiger partial charge in [0.1, 0.15) is 6.54 Å². The van der Waals surface area contributed by atoms with Crippen LogP contribution in [0.4, 0.5) is 5.69 Å². The molecule has 1 fully saturated rings. The number of nitrogens with two attached hydrogens (primary N) is 1. The van der Waals surface area contributed by atoms with Crippen LogP contribution >= 0.6 is 0 Å². The number of nitrogens with zero attached hydrogens (tertiary/aromatic N) is 3. The molecule has 20 heavy (non-hydrogen) atoms. The molecule has 0 atom stereocenters. The number of aromatic nitrogens is 2. The highest BCUT2D eigenvalue weighted by molar-refractivity contribution is 5.76. The molecule has 2 heterocycles. The van der Waals surface area contributed by atoms with Gasteiger partial charge in [0, 0.05) is 13.1 Å². The molecule has 1 aliphatic rings. The van der Waals surface area contributed by atoms with Crippen molar-refractivity contribution in [2.45, 2.75) is 58.9 Å². The van der Waals surface area contributed by atoms with Gasteiger partial charge in [-0.3, -0.25) is 9.48 Å². The molecule has 0 saturated carbocycles. The van der Waals surface area contributed by atoms with Crippen LogP contribution in [0.25, 0.3) is 0 Å². The molecule has 0 aromatic carbocycles. The van der Waals surface area contributed by atoms with Crippen LogP contribution in [0, 0.1) is 0 Å². The molecule has 1 saturated heterocycles. The summed E-state index contributed by atoms with van der Waals surface area (Å²) in [4.78, 5) is 14.4. The smallest absolute Gasteiger partial charge is 0.244 e. The van der Waals surface area contributed by atoms with E-state index in [1.165, 1.54) is 12.8 Å². The van der Waals surface area contributed by atoms with Crippen LogP contribution in [-0.4, -0.2) is 33.7 Å². The number of amides is 1. The normalized spacial score (nSPS) is 16.2. The van der Waals surface area contributed by atoms with Gasteiger partial charge in [0.2, 0.25) is 5.91 Å². The number of carbonyl (C=O) groups excluding carboxylic acids is 1. The van der Waals surface area contributed by atoms with Crippen LogP contribution in [0.2, 0.25) is 0 Å². The van der Waals surface area contributed by atoms with Gasteiger partial charge < -0.3 is 10.6 Å². The van der Waals surface area contributed by atoms with Crippen molar-refractivity contribution in [3.05, 3.63) is 11.4 Å². The molecule has 0 unspecified atom stereocenters. The SMILES string of the molecule is CCc1nn(CC(=O)N2CCCCCC2)c(CC)c1N. The number of aryl methyl sites for hydroxylation is 1. The Balaban J connectivity index is 2.10. The summed E-state index contributed by atoms with van der Waals surface area (Å²) in [6.07, 6.45) is 6.33. The molecule has 1 aromatic rings. The van der Waals surface area contributed by atoms with Gasteiger partial charge in [-0.1, -0.05) is 26.7 Å². The quantitative estimate of drug-likeness (QED) is 0.916. The summed E-state index contributed by atoms with van der Waals surface area (Å²) in [7, 11) is 0. The Morgan fingerprint density at radius 1 is 1.15 bits per heavy atom. The van der Waals surface area contributed by atoms with Crippen LogP contribution < -0.4 is 5.73 Å². The second kappa shape index (κ2) is 6.77. The maximum atomic E-state index is 12.4. The molecular weight excluding hydrogens is 252 g/mol. The zero-order valence-corrected chi connectivity index (χ0v) is 12.7. The second-order valence-electron chi connectivity index (χ2n) is 5.47. The third-order valence-electron chi connectivity index (χ3n) is 4.09. The van der Waals surface area contributed by atoms with E-state index in [4.69, 9.17) is 5.73 Å². The summed E-state index contributed by atoms with van der Waals surface area (Å²) < 4.78 is 1.81. The Labute approximate surface area is 121 Å². The van der Waals surface area contributed by atoms with Gasteiger partial charge in [-0.15, -0.1) is 0 Å². The summed E-state index contributed by atoms with van der Waals surface area (Å²) in [5, 5.41) is 4.50. The van der Waals surface area contributed by atoms with E-state index in [2.05, 4.69) is 12.0 Å². The van der Waals surface area contributed by atoms with Gasteiger partial charge in [-0.25, -0.2) is 0 Å². The van der Waals surface area contributed by atoms with Crippen molar-refractivity contribution in [2.75, 3.05) is 18.8 Å². The minimum Gasteiger partial charge on any atom is -0.396 e. The van der Waals surface area contributed by atoms with Gasteiger partial charge in [-0.2, -0.15) is 5.10 Å². The fraction of sp³-hybridized carbons (Fsp3) is 0.733. The molecule has 2 rings (SSSR count). The van der Waals surface area contributed by atoms with E-state index in [1.54, 1.807) is 4.68 Å². The molecule has 0 spiro atoms. The molecule has 5 heteroatoms. The first-order chi connectivity index (χ1) is 9.67. The van der Waals surface area contributed by atoms with Gasteiger partial charge in [0.05, 0.1) is 17.1 Å². The lowest BCUT2D eigenvalue weighted by atomic mass is 10.2. The van der Waals surface area contributed by atoms with Gasteiger partial charge in [0.15, 0.2) is 0 Å². The summed E-state index contributed by atoms with van der Waals surface area (Å²) in [5.74, 6) is 0.173. The van der Waals surface area contributed by atoms with Crippen molar-refractivity contribution < 1.29 is 4.79 Å². The molecule has 0 aliphatic carbocycles. The van der Waals surface area contributed by atoms with E-state index in [0.717, 1.165) is 55.8 Å². The zero-order chi connectivity index (χ0) is 14.5. The lowest BCUT2D eigenvalue weighted by molar-refractivity contribution is -0.132. The number of hydrogen-bond donors (Lipinski definition) is 1. The highest BCUT2D eigenvalue weighted by Crippen LogP contribution is 2.19. The third-order valence-corrected chi connectivity index (χ3v) is 4.09. The van der Waals surface area contributed by atoms with E-state index in [-0.39, 0.29) is 5.91 Å². The van der Waals surface area contributed by atoms with E-state index in [9.17, 15) is 4.79 Å². The average Bonchev–Trinajstić information content (AvgIpc) is 2.63. The van der Waals surface area contributed by atoms with Crippen molar-refractivity contribution in [3.8, 4) is 0 Å². The number of hydrogen-bond acceptors (Lipinski definition) is 3. The number of carbonyl (C=O) groups is 1. The van der Waals surface area contributed by atoms with Crippen LogP contribution in [-0.2, 0) is 24.2 Å². The van der Waals surface area contributed by atoms with Crippen molar-refractivity contribution >= 4 is 11.6 Å². The Morgan fingerprint density at radius 2 is 1.80 bits per heavy atom. The maximum absolute atomic E-state index is 12.4. The molecule has 0 bridgehead atoms. The first-order valence-corrected chi connectivity index (χ1v) is 7.79. The molecule has 5 nitrogen and oxygen atoms in total. The molecule has 1 aliphatic heterocycles. The number of anilines is 1. The topological polar surface area (TPSA) is 64.2 Å². The van der Waals surface area contributed by atoms with Crippen LogP contribution in [0.3, 0.4) is 0 Å². The Hall–Kier alpha value is -1.52. The highest BCUT2D eigenvalue weighted by Gasteiger charge is 2.19. The van der Waals surface area contributed by atoms with Crippen LogP contribution in [0.15, 0.2) is 0 Å². The van der Waals surface area contributed by atoms with Crippen molar-refractivity contribution in [3.63, 3.8) is 0 Å². The minimum absolute atomic E-state index is 0.173. The number of likely N-dealkylation sites (tertiary alicyclic amines) is 1. The predicted octanol–water partition coefficient (Wildman–Crippen LogP) is 1.99. The van der Waals surface area contributed by atoms with E-state index in [1.807, 2.05) is 11.8 Å². The first kappa shape index (κ1) is 14.9. The summed E-state index contributed by atoms with van der Waals surface area (Å²) >= 11 is 0. The molecule has 0 radical (unpaired) electrons. The fourth-order valence-electron chi connectivity index (χ4n) is 2.88. The zero-order valence-electron chi connectivity index (χ0n) is 12.7. The first-order valence-electron chi connectivity index (χ1n) is 7.79. The van der Waals surface area contributed by atoms with Crippen molar-refractivity contribution in [1.29, 1.82) is 0 Å². The second-order valence-corrected chi connectivity index (χ2v) is 5.47. The standard InChI is InChI=1S/C15H26N4O/c1-3-12-15(16)13(4-2)19(17-12)11-14(20)18-9-7-5-6-8-10-18/h3-11,16H2,1-2H3. The maximum Gasteiger partial charge on any atom is 0.244 e. The molecule has 2 N–H and O–H groups in total. The minimum atomic E-state index is 0.173.